The highest BCUT2D eigenvalue weighted by molar-refractivity contribution is 5.76. The number of carbonyl (C=O) groups excluding carboxylic acids is 2. The van der Waals surface area contributed by atoms with Gasteiger partial charge in [0.1, 0.15) is 6.54 Å². The molecular weight excluding hydrogens is 292 g/mol. The van der Waals surface area contributed by atoms with Crippen LogP contribution < -0.4 is 10.9 Å². The maximum Gasteiger partial charge on any atom is 0.321 e. The van der Waals surface area contributed by atoms with Crippen LogP contribution in [0.15, 0.2) is 0 Å². The Morgan fingerprint density at radius 3 is 2.30 bits per heavy atom. The fourth-order valence-electron chi connectivity index (χ4n) is 2.33. The van der Waals surface area contributed by atoms with Crippen LogP contribution in [0.25, 0.3) is 0 Å². The van der Waals surface area contributed by atoms with Crippen molar-refractivity contribution >= 4 is 11.9 Å². The van der Waals surface area contributed by atoms with Crippen LogP contribution in [0, 0.1) is 5.92 Å². The van der Waals surface area contributed by atoms with Crippen LogP contribution in [0.5, 0.6) is 0 Å². The molecular formula is C18H36N2O3. The summed E-state index contributed by atoms with van der Waals surface area (Å²) in [5.74, 6) is 0.0588. The Kier molecular flexibility index (Phi) is 15.0. The van der Waals surface area contributed by atoms with Gasteiger partial charge in [0.15, 0.2) is 0 Å². The van der Waals surface area contributed by atoms with Gasteiger partial charge in [-0.1, -0.05) is 65.7 Å². The standard InChI is InChI=1S/C18H36N2O3/c1-4-7-9-10-11-13-17(21)20-19-14-18(22)23-15-16(6-3)12-8-5-2/h16,19H,4-15H2,1-3H3,(H,20,21)/t16-/m0/s1. The maximum atomic E-state index is 11.6. The fourth-order valence-corrected chi connectivity index (χ4v) is 2.33. The van der Waals surface area contributed by atoms with Crippen molar-refractivity contribution in [1.29, 1.82) is 0 Å². The molecule has 23 heavy (non-hydrogen) atoms. The number of amides is 1. The van der Waals surface area contributed by atoms with Gasteiger partial charge in [0.05, 0.1) is 6.61 Å². The van der Waals surface area contributed by atoms with Gasteiger partial charge < -0.3 is 4.74 Å². The van der Waals surface area contributed by atoms with E-state index < -0.39 is 0 Å². The van der Waals surface area contributed by atoms with E-state index in [1.807, 2.05) is 0 Å². The van der Waals surface area contributed by atoms with Crippen molar-refractivity contribution in [1.82, 2.24) is 10.9 Å². The lowest BCUT2D eigenvalue weighted by Gasteiger charge is -2.14. The summed E-state index contributed by atoms with van der Waals surface area (Å²) in [5.41, 5.74) is 5.20. The Bertz CT molecular complexity index is 309. The molecule has 1 atom stereocenters. The Hall–Kier alpha value is -1.10. The van der Waals surface area contributed by atoms with Gasteiger partial charge >= 0.3 is 5.97 Å². The van der Waals surface area contributed by atoms with Gasteiger partial charge in [-0.05, 0) is 18.8 Å². The Labute approximate surface area is 141 Å². The minimum Gasteiger partial charge on any atom is -0.464 e. The van der Waals surface area contributed by atoms with Gasteiger partial charge in [-0.2, -0.15) is 0 Å². The fraction of sp³-hybridized carbons (Fsp3) is 0.889. The minimum absolute atomic E-state index is 0.0196. The molecule has 0 radical (unpaired) electrons. The first-order chi connectivity index (χ1) is 11.1. The summed E-state index contributed by atoms with van der Waals surface area (Å²) in [6.45, 7) is 6.94. The molecule has 2 N–H and O–H groups in total. The number of nitrogens with one attached hydrogen (secondary N) is 2. The Balaban J connectivity index is 3.59. The van der Waals surface area contributed by atoms with E-state index in [1.54, 1.807) is 0 Å². The van der Waals surface area contributed by atoms with E-state index in [4.69, 9.17) is 4.74 Å². The number of ether oxygens (including phenoxy) is 1. The highest BCUT2D eigenvalue weighted by Crippen LogP contribution is 2.12. The minimum atomic E-state index is -0.316. The molecule has 1 amide bonds. The summed E-state index contributed by atoms with van der Waals surface area (Å²) in [4.78, 5) is 23.2. The molecule has 0 aliphatic heterocycles. The van der Waals surface area contributed by atoms with E-state index in [2.05, 4.69) is 31.6 Å². The summed E-state index contributed by atoms with van der Waals surface area (Å²) in [6.07, 6.45) is 10.5. The van der Waals surface area contributed by atoms with Crippen LogP contribution >= 0.6 is 0 Å². The lowest BCUT2D eigenvalue weighted by atomic mass is 10.0. The lowest BCUT2D eigenvalue weighted by molar-refractivity contribution is -0.144. The van der Waals surface area contributed by atoms with Gasteiger partial charge in [0.25, 0.3) is 0 Å². The largest absolute Gasteiger partial charge is 0.464 e. The quantitative estimate of drug-likeness (QED) is 0.273. The molecule has 0 aromatic carbocycles. The Morgan fingerprint density at radius 2 is 1.65 bits per heavy atom. The first kappa shape index (κ1) is 21.9. The summed E-state index contributed by atoms with van der Waals surface area (Å²) in [7, 11) is 0. The van der Waals surface area contributed by atoms with Gasteiger partial charge in [0, 0.05) is 6.42 Å². The molecule has 0 bridgehead atoms. The number of hydrogen-bond donors (Lipinski definition) is 2. The second kappa shape index (κ2) is 15.8. The number of carbonyl (C=O) groups is 2. The molecule has 0 heterocycles. The summed E-state index contributed by atoms with van der Waals surface area (Å²) >= 11 is 0. The number of hydrogen-bond acceptors (Lipinski definition) is 4. The summed E-state index contributed by atoms with van der Waals surface area (Å²) in [6, 6.07) is 0. The van der Waals surface area contributed by atoms with E-state index in [1.165, 1.54) is 25.7 Å². The molecule has 0 aromatic rings. The maximum absolute atomic E-state index is 11.6. The average molecular weight is 328 g/mol. The van der Waals surface area contributed by atoms with Crippen molar-refractivity contribution < 1.29 is 14.3 Å². The van der Waals surface area contributed by atoms with Crippen molar-refractivity contribution in [3.05, 3.63) is 0 Å². The molecule has 5 nitrogen and oxygen atoms in total. The van der Waals surface area contributed by atoms with Crippen molar-refractivity contribution in [3.8, 4) is 0 Å². The van der Waals surface area contributed by atoms with E-state index in [0.29, 0.717) is 18.9 Å². The van der Waals surface area contributed by atoms with Crippen LogP contribution in [-0.4, -0.2) is 25.0 Å². The molecule has 0 aliphatic carbocycles. The van der Waals surface area contributed by atoms with Crippen molar-refractivity contribution in [2.75, 3.05) is 13.2 Å². The third kappa shape index (κ3) is 14.2. The topological polar surface area (TPSA) is 67.4 Å². The van der Waals surface area contributed by atoms with Crippen LogP contribution in [0.3, 0.4) is 0 Å². The van der Waals surface area contributed by atoms with Crippen molar-refractivity contribution in [2.45, 2.75) is 85.0 Å². The first-order valence-corrected chi connectivity index (χ1v) is 9.31. The highest BCUT2D eigenvalue weighted by atomic mass is 16.5. The average Bonchev–Trinajstić information content (AvgIpc) is 2.55. The molecule has 0 spiro atoms. The monoisotopic (exact) mass is 328 g/mol. The predicted octanol–water partition coefficient (Wildman–Crippen LogP) is 3.73. The van der Waals surface area contributed by atoms with Crippen LogP contribution in [0.4, 0.5) is 0 Å². The SMILES string of the molecule is CCCCCCCC(=O)NNCC(=O)OC[C@@H](CC)CCCC. The lowest BCUT2D eigenvalue weighted by Crippen LogP contribution is -2.41. The smallest absolute Gasteiger partial charge is 0.321 e. The third-order valence-corrected chi connectivity index (χ3v) is 3.99. The van der Waals surface area contributed by atoms with Gasteiger partial charge in [-0.25, -0.2) is 5.43 Å². The molecule has 136 valence electrons. The molecule has 5 heteroatoms. The predicted molar refractivity (Wildman–Crippen MR) is 93.8 cm³/mol. The highest BCUT2D eigenvalue weighted by Gasteiger charge is 2.10. The van der Waals surface area contributed by atoms with Gasteiger partial charge in [0.2, 0.25) is 5.91 Å². The molecule has 0 rings (SSSR count). The zero-order valence-electron chi connectivity index (χ0n) is 15.3. The third-order valence-electron chi connectivity index (χ3n) is 3.99. The molecule has 0 aromatic heterocycles. The zero-order valence-corrected chi connectivity index (χ0v) is 15.3. The van der Waals surface area contributed by atoms with Crippen LogP contribution in [0.1, 0.15) is 85.0 Å². The molecule has 0 unspecified atom stereocenters. The molecule has 0 saturated heterocycles. The van der Waals surface area contributed by atoms with E-state index >= 15 is 0 Å². The molecule has 0 saturated carbocycles. The second-order valence-electron chi connectivity index (χ2n) is 6.17. The Morgan fingerprint density at radius 1 is 0.957 bits per heavy atom. The normalized spacial score (nSPS) is 12.0. The summed E-state index contributed by atoms with van der Waals surface area (Å²) in [5, 5.41) is 0. The zero-order chi connectivity index (χ0) is 17.3. The van der Waals surface area contributed by atoms with Crippen LogP contribution in [-0.2, 0) is 14.3 Å². The van der Waals surface area contributed by atoms with E-state index in [0.717, 1.165) is 32.1 Å². The van der Waals surface area contributed by atoms with E-state index in [-0.39, 0.29) is 18.4 Å². The van der Waals surface area contributed by atoms with Gasteiger partial charge in [-0.3, -0.25) is 15.0 Å². The number of esters is 1. The first-order valence-electron chi connectivity index (χ1n) is 9.31. The number of unbranched alkanes of at least 4 members (excludes halogenated alkanes) is 5. The van der Waals surface area contributed by atoms with E-state index in [9.17, 15) is 9.59 Å². The molecule has 0 fully saturated rings. The second-order valence-corrected chi connectivity index (χ2v) is 6.17. The van der Waals surface area contributed by atoms with Crippen LogP contribution in [0.2, 0.25) is 0 Å². The van der Waals surface area contributed by atoms with Crippen molar-refractivity contribution in [3.63, 3.8) is 0 Å². The van der Waals surface area contributed by atoms with Gasteiger partial charge in [-0.15, -0.1) is 0 Å². The number of rotatable bonds is 15. The summed E-state index contributed by atoms with van der Waals surface area (Å²) < 4.78 is 5.25. The molecule has 0 aliphatic rings. The number of hydrazine groups is 1. The van der Waals surface area contributed by atoms with Crippen molar-refractivity contribution in [2.24, 2.45) is 5.92 Å².